The molecule has 0 N–H and O–H groups in total. The van der Waals surface area contributed by atoms with Crippen molar-refractivity contribution < 1.29 is 13.9 Å². The first-order valence-corrected chi connectivity index (χ1v) is 3.55. The molecule has 64 valence electrons. The number of carbonyl (C=O) groups excluding carboxylic acids is 1. The maximum absolute atomic E-state index is 12.7. The lowest BCUT2D eigenvalue weighted by Gasteiger charge is -2.03. The fourth-order valence-electron chi connectivity index (χ4n) is 0.813. The molecule has 0 bridgehead atoms. The second-order valence-corrected chi connectivity index (χ2v) is 2.53. The van der Waals surface area contributed by atoms with Crippen molar-refractivity contribution in [3.8, 4) is 5.75 Å². The zero-order chi connectivity index (χ0) is 9.14. The Kier molecular flexibility index (Phi) is 2.65. The number of benzene rings is 1. The summed E-state index contributed by atoms with van der Waals surface area (Å²) in [5.74, 6) is -0.351. The molecular weight excluding hydrogens is 183 g/mol. The van der Waals surface area contributed by atoms with Crippen LogP contribution in [-0.2, 0) is 0 Å². The van der Waals surface area contributed by atoms with Crippen LogP contribution in [0.25, 0.3) is 0 Å². The van der Waals surface area contributed by atoms with E-state index in [4.69, 9.17) is 16.3 Å². The molecular formula is C8H6ClFO2. The maximum Gasteiger partial charge on any atom is 0.153 e. The summed E-state index contributed by atoms with van der Waals surface area (Å²) < 4.78 is 17.5. The molecule has 0 atom stereocenters. The Hall–Kier alpha value is -1.09. The van der Waals surface area contributed by atoms with Gasteiger partial charge in [-0.2, -0.15) is 0 Å². The van der Waals surface area contributed by atoms with Gasteiger partial charge >= 0.3 is 0 Å². The maximum atomic E-state index is 12.7. The van der Waals surface area contributed by atoms with Gasteiger partial charge in [-0.1, -0.05) is 11.6 Å². The highest BCUT2D eigenvalue weighted by molar-refractivity contribution is 6.31. The van der Waals surface area contributed by atoms with Crippen molar-refractivity contribution in [2.24, 2.45) is 0 Å². The molecule has 0 heterocycles. The fraction of sp³-hybridized carbons (Fsp3) is 0.125. The van der Waals surface area contributed by atoms with Crippen molar-refractivity contribution in [1.82, 2.24) is 0 Å². The molecule has 0 fully saturated rings. The van der Waals surface area contributed by atoms with Crippen molar-refractivity contribution in [1.29, 1.82) is 0 Å². The first kappa shape index (κ1) is 9.00. The molecule has 4 heteroatoms. The third kappa shape index (κ3) is 1.56. The van der Waals surface area contributed by atoms with Gasteiger partial charge in [-0.3, -0.25) is 4.79 Å². The lowest BCUT2D eigenvalue weighted by molar-refractivity contribution is 0.112. The molecule has 0 radical (unpaired) electrons. The molecule has 0 unspecified atom stereocenters. The Labute approximate surface area is 73.9 Å². The zero-order valence-electron chi connectivity index (χ0n) is 6.30. The highest BCUT2D eigenvalue weighted by atomic mass is 35.5. The van der Waals surface area contributed by atoms with Gasteiger partial charge in [-0.05, 0) is 6.07 Å². The molecule has 0 amide bonds. The molecule has 0 saturated carbocycles. The highest BCUT2D eigenvalue weighted by Gasteiger charge is 2.07. The van der Waals surface area contributed by atoms with E-state index in [1.165, 1.54) is 13.2 Å². The van der Waals surface area contributed by atoms with E-state index in [0.29, 0.717) is 6.29 Å². The normalized spacial score (nSPS) is 9.58. The van der Waals surface area contributed by atoms with Crippen molar-refractivity contribution in [2.75, 3.05) is 7.11 Å². The van der Waals surface area contributed by atoms with Crippen LogP contribution in [0.5, 0.6) is 5.75 Å². The highest BCUT2D eigenvalue weighted by Crippen LogP contribution is 2.24. The van der Waals surface area contributed by atoms with Crippen LogP contribution in [0.15, 0.2) is 12.1 Å². The minimum Gasteiger partial charge on any atom is -0.496 e. The SMILES string of the molecule is COc1cc(Cl)c(F)cc1C=O. The van der Waals surface area contributed by atoms with Gasteiger partial charge in [0.15, 0.2) is 6.29 Å². The predicted molar refractivity (Wildman–Crippen MR) is 43.3 cm³/mol. The van der Waals surface area contributed by atoms with Crippen LogP contribution < -0.4 is 4.74 Å². The first-order chi connectivity index (χ1) is 5.69. The van der Waals surface area contributed by atoms with Gasteiger partial charge in [-0.25, -0.2) is 4.39 Å². The largest absolute Gasteiger partial charge is 0.496 e. The summed E-state index contributed by atoms with van der Waals surface area (Å²) in [7, 11) is 1.39. The summed E-state index contributed by atoms with van der Waals surface area (Å²) in [5.41, 5.74) is 0.152. The second kappa shape index (κ2) is 3.54. The third-order valence-corrected chi connectivity index (χ3v) is 1.69. The van der Waals surface area contributed by atoms with Crippen LogP contribution in [0.1, 0.15) is 10.4 Å². The number of ether oxygens (including phenoxy) is 1. The standard InChI is InChI=1S/C8H6ClFO2/c1-12-8-3-6(9)7(10)2-5(8)4-11/h2-4H,1H3. The van der Waals surface area contributed by atoms with E-state index >= 15 is 0 Å². The van der Waals surface area contributed by atoms with Crippen molar-refractivity contribution in [3.63, 3.8) is 0 Å². The molecule has 0 saturated heterocycles. The lowest BCUT2D eigenvalue weighted by atomic mass is 10.2. The van der Waals surface area contributed by atoms with E-state index < -0.39 is 5.82 Å². The second-order valence-electron chi connectivity index (χ2n) is 2.13. The van der Waals surface area contributed by atoms with Crippen LogP contribution >= 0.6 is 11.6 Å². The van der Waals surface area contributed by atoms with Gasteiger partial charge in [0.25, 0.3) is 0 Å². The van der Waals surface area contributed by atoms with Crippen LogP contribution in [-0.4, -0.2) is 13.4 Å². The van der Waals surface area contributed by atoms with Crippen molar-refractivity contribution in [2.45, 2.75) is 0 Å². The van der Waals surface area contributed by atoms with Gasteiger partial charge in [-0.15, -0.1) is 0 Å². The number of rotatable bonds is 2. The molecule has 1 aromatic carbocycles. The Bertz CT molecular complexity index is 312. The first-order valence-electron chi connectivity index (χ1n) is 3.17. The number of hydrogen-bond acceptors (Lipinski definition) is 2. The summed E-state index contributed by atoms with van der Waals surface area (Å²) in [4.78, 5) is 10.4. The minimum absolute atomic E-state index is 0.0579. The van der Waals surface area contributed by atoms with Crippen LogP contribution in [0.3, 0.4) is 0 Å². The van der Waals surface area contributed by atoms with E-state index in [1.54, 1.807) is 0 Å². The molecule has 0 aliphatic carbocycles. The van der Waals surface area contributed by atoms with Gasteiger partial charge in [0.1, 0.15) is 11.6 Å². The quantitative estimate of drug-likeness (QED) is 0.666. The average molecular weight is 189 g/mol. The molecule has 2 nitrogen and oxygen atoms in total. The summed E-state index contributed by atoms with van der Waals surface area (Å²) >= 11 is 5.45. The summed E-state index contributed by atoms with van der Waals surface area (Å²) in [6.45, 7) is 0. The number of aldehydes is 1. The molecule has 12 heavy (non-hydrogen) atoms. The zero-order valence-corrected chi connectivity index (χ0v) is 7.06. The van der Waals surface area contributed by atoms with E-state index in [-0.39, 0.29) is 16.3 Å². The van der Waals surface area contributed by atoms with Crippen molar-refractivity contribution in [3.05, 3.63) is 28.5 Å². The minimum atomic E-state index is -0.625. The number of carbonyl (C=O) groups is 1. The van der Waals surface area contributed by atoms with Crippen LogP contribution in [0, 0.1) is 5.82 Å². The van der Waals surface area contributed by atoms with Gasteiger partial charge < -0.3 is 4.74 Å². The average Bonchev–Trinajstić information content (AvgIpc) is 2.09. The molecule has 0 spiro atoms. The topological polar surface area (TPSA) is 26.3 Å². The van der Waals surface area contributed by atoms with Gasteiger partial charge in [0.2, 0.25) is 0 Å². The predicted octanol–water partition coefficient (Wildman–Crippen LogP) is 2.30. The number of hydrogen-bond donors (Lipinski definition) is 0. The molecule has 0 aliphatic rings. The lowest BCUT2D eigenvalue weighted by Crippen LogP contribution is -1.92. The molecule has 0 aliphatic heterocycles. The van der Waals surface area contributed by atoms with E-state index in [9.17, 15) is 9.18 Å². The third-order valence-electron chi connectivity index (χ3n) is 1.40. The Morgan fingerprint density at radius 3 is 2.75 bits per heavy atom. The number of methoxy groups -OCH3 is 1. The van der Waals surface area contributed by atoms with E-state index in [0.717, 1.165) is 6.07 Å². The Morgan fingerprint density at radius 2 is 2.25 bits per heavy atom. The molecule has 0 aromatic heterocycles. The van der Waals surface area contributed by atoms with E-state index in [2.05, 4.69) is 0 Å². The summed E-state index contributed by atoms with van der Waals surface area (Å²) in [6, 6.07) is 2.30. The van der Waals surface area contributed by atoms with Crippen LogP contribution in [0.4, 0.5) is 4.39 Å². The Morgan fingerprint density at radius 1 is 1.58 bits per heavy atom. The fourth-order valence-corrected chi connectivity index (χ4v) is 0.966. The summed E-state index contributed by atoms with van der Waals surface area (Å²) in [5, 5.41) is -0.0579. The smallest absolute Gasteiger partial charge is 0.153 e. The monoisotopic (exact) mass is 188 g/mol. The van der Waals surface area contributed by atoms with Crippen molar-refractivity contribution >= 4 is 17.9 Å². The van der Waals surface area contributed by atoms with Gasteiger partial charge in [0.05, 0.1) is 17.7 Å². The van der Waals surface area contributed by atoms with E-state index in [1.807, 2.05) is 0 Å². The number of halogens is 2. The van der Waals surface area contributed by atoms with Crippen LogP contribution in [0.2, 0.25) is 5.02 Å². The Balaban J connectivity index is 3.28. The van der Waals surface area contributed by atoms with Gasteiger partial charge in [0, 0.05) is 6.07 Å². The summed E-state index contributed by atoms with van der Waals surface area (Å²) in [6.07, 6.45) is 0.512. The molecule has 1 rings (SSSR count). The molecule has 1 aromatic rings.